The van der Waals surface area contributed by atoms with Crippen molar-refractivity contribution in [2.75, 3.05) is 18.4 Å². The van der Waals surface area contributed by atoms with Crippen molar-refractivity contribution in [3.8, 4) is 11.5 Å². The van der Waals surface area contributed by atoms with E-state index in [1.165, 1.54) is 0 Å². The second-order valence-corrected chi connectivity index (χ2v) is 9.15. The highest BCUT2D eigenvalue weighted by molar-refractivity contribution is 6.07. The van der Waals surface area contributed by atoms with E-state index in [1.807, 2.05) is 95.9 Å². The van der Waals surface area contributed by atoms with E-state index in [0.29, 0.717) is 31.8 Å². The average Bonchev–Trinajstić information content (AvgIpc) is 3.37. The van der Waals surface area contributed by atoms with Crippen molar-refractivity contribution < 1.29 is 14.0 Å². The van der Waals surface area contributed by atoms with E-state index in [1.54, 1.807) is 0 Å². The van der Waals surface area contributed by atoms with Crippen molar-refractivity contribution in [2.45, 2.75) is 12.8 Å². The SMILES string of the molecule is O=C(Nc1ccc(-c2nc3ccccc3o2)cc1)C1CCN(C(=O)c2cccc3ccccc23)CC1. The van der Waals surface area contributed by atoms with Gasteiger partial charge in [0.1, 0.15) is 5.52 Å². The molecule has 2 heterocycles. The number of para-hydroxylation sites is 2. The number of aromatic nitrogens is 1. The summed E-state index contributed by atoms with van der Waals surface area (Å²) >= 11 is 0. The minimum atomic E-state index is -0.127. The summed E-state index contributed by atoms with van der Waals surface area (Å²) in [4.78, 5) is 32.5. The topological polar surface area (TPSA) is 75.4 Å². The third-order valence-corrected chi connectivity index (χ3v) is 6.87. The van der Waals surface area contributed by atoms with Crippen molar-refractivity contribution in [3.63, 3.8) is 0 Å². The van der Waals surface area contributed by atoms with Crippen LogP contribution in [0.2, 0.25) is 0 Å². The fraction of sp³-hybridized carbons (Fsp3) is 0.167. The number of nitrogens with one attached hydrogen (secondary N) is 1. The van der Waals surface area contributed by atoms with E-state index >= 15 is 0 Å². The van der Waals surface area contributed by atoms with Crippen LogP contribution >= 0.6 is 0 Å². The van der Waals surface area contributed by atoms with Gasteiger partial charge in [-0.15, -0.1) is 0 Å². The van der Waals surface area contributed by atoms with Crippen molar-refractivity contribution in [2.24, 2.45) is 5.92 Å². The molecule has 0 atom stereocenters. The summed E-state index contributed by atoms with van der Waals surface area (Å²) in [5.41, 5.74) is 3.86. The molecule has 36 heavy (non-hydrogen) atoms. The molecule has 1 aliphatic heterocycles. The second kappa shape index (κ2) is 9.30. The molecule has 1 aliphatic rings. The van der Waals surface area contributed by atoms with Crippen LogP contribution in [0.15, 0.2) is 95.4 Å². The maximum absolute atomic E-state index is 13.2. The molecular weight excluding hydrogens is 450 g/mol. The predicted octanol–water partition coefficient (Wildman–Crippen LogP) is 6.14. The van der Waals surface area contributed by atoms with Gasteiger partial charge in [-0.3, -0.25) is 9.59 Å². The Morgan fingerprint density at radius 3 is 2.36 bits per heavy atom. The molecular formula is C30H25N3O3. The number of likely N-dealkylation sites (tertiary alicyclic amines) is 1. The molecule has 0 unspecified atom stereocenters. The fourth-order valence-corrected chi connectivity index (χ4v) is 4.86. The second-order valence-electron chi connectivity index (χ2n) is 9.15. The molecule has 0 saturated carbocycles. The predicted molar refractivity (Wildman–Crippen MR) is 141 cm³/mol. The lowest BCUT2D eigenvalue weighted by Gasteiger charge is -2.31. The number of nitrogens with zero attached hydrogens (tertiary/aromatic N) is 2. The Balaban J connectivity index is 1.08. The average molecular weight is 476 g/mol. The molecule has 1 saturated heterocycles. The van der Waals surface area contributed by atoms with Crippen LogP contribution in [0, 0.1) is 5.92 Å². The molecule has 2 amide bonds. The van der Waals surface area contributed by atoms with Gasteiger partial charge in [0.15, 0.2) is 5.58 Å². The lowest BCUT2D eigenvalue weighted by Crippen LogP contribution is -2.41. The van der Waals surface area contributed by atoms with Gasteiger partial charge in [0.25, 0.3) is 5.91 Å². The molecule has 1 N–H and O–H groups in total. The zero-order valence-corrected chi connectivity index (χ0v) is 19.7. The number of oxazole rings is 1. The van der Waals surface area contributed by atoms with Crippen molar-refractivity contribution in [1.82, 2.24) is 9.88 Å². The maximum atomic E-state index is 13.2. The highest BCUT2D eigenvalue weighted by Crippen LogP contribution is 2.27. The summed E-state index contributed by atoms with van der Waals surface area (Å²) in [6.07, 6.45) is 1.28. The first-order valence-electron chi connectivity index (χ1n) is 12.2. The number of amides is 2. The molecule has 4 aromatic carbocycles. The van der Waals surface area contributed by atoms with Gasteiger partial charge < -0.3 is 14.6 Å². The summed E-state index contributed by atoms with van der Waals surface area (Å²) in [6.45, 7) is 1.13. The molecule has 6 rings (SSSR count). The van der Waals surface area contributed by atoms with Gasteiger partial charge in [-0.05, 0) is 66.1 Å². The molecule has 5 aromatic rings. The van der Waals surface area contributed by atoms with Crippen LogP contribution in [0.4, 0.5) is 5.69 Å². The van der Waals surface area contributed by atoms with Gasteiger partial charge in [0.2, 0.25) is 11.8 Å². The van der Waals surface area contributed by atoms with Crippen molar-refractivity contribution in [3.05, 3.63) is 96.6 Å². The number of hydrogen-bond acceptors (Lipinski definition) is 4. The number of carbonyl (C=O) groups excluding carboxylic acids is 2. The Kier molecular flexibility index (Phi) is 5.70. The quantitative estimate of drug-likeness (QED) is 0.339. The summed E-state index contributed by atoms with van der Waals surface area (Å²) in [6, 6.07) is 28.9. The van der Waals surface area contributed by atoms with Gasteiger partial charge in [-0.25, -0.2) is 4.98 Å². The highest BCUT2D eigenvalue weighted by Gasteiger charge is 2.28. The zero-order chi connectivity index (χ0) is 24.5. The van der Waals surface area contributed by atoms with Gasteiger partial charge in [-0.1, -0.05) is 48.5 Å². The number of fused-ring (bicyclic) bond motifs is 2. The molecule has 1 aromatic heterocycles. The molecule has 0 bridgehead atoms. The molecule has 0 aliphatic carbocycles. The van der Waals surface area contributed by atoms with Crippen LogP contribution in [0.5, 0.6) is 0 Å². The first kappa shape index (κ1) is 22.0. The first-order valence-corrected chi connectivity index (χ1v) is 12.2. The van der Waals surface area contributed by atoms with Crippen LogP contribution in [-0.2, 0) is 4.79 Å². The van der Waals surface area contributed by atoms with Crippen molar-refractivity contribution in [1.29, 1.82) is 0 Å². The van der Waals surface area contributed by atoms with E-state index in [2.05, 4.69) is 10.3 Å². The number of benzene rings is 4. The van der Waals surface area contributed by atoms with E-state index in [9.17, 15) is 9.59 Å². The molecule has 6 nitrogen and oxygen atoms in total. The minimum absolute atomic E-state index is 0.0122. The van der Waals surface area contributed by atoms with E-state index in [4.69, 9.17) is 4.42 Å². The summed E-state index contributed by atoms with van der Waals surface area (Å²) in [5, 5.41) is 5.04. The van der Waals surface area contributed by atoms with Crippen LogP contribution in [-0.4, -0.2) is 34.8 Å². The Morgan fingerprint density at radius 1 is 0.833 bits per heavy atom. The van der Waals surface area contributed by atoms with Crippen LogP contribution in [0.25, 0.3) is 33.3 Å². The smallest absolute Gasteiger partial charge is 0.254 e. The first-order chi connectivity index (χ1) is 17.7. The lowest BCUT2D eigenvalue weighted by molar-refractivity contribution is -0.121. The van der Waals surface area contributed by atoms with Crippen molar-refractivity contribution >= 4 is 39.4 Å². The largest absolute Gasteiger partial charge is 0.436 e. The molecule has 6 heteroatoms. The van der Waals surface area contributed by atoms with Crippen LogP contribution < -0.4 is 5.32 Å². The van der Waals surface area contributed by atoms with Gasteiger partial charge >= 0.3 is 0 Å². The Hall–Kier alpha value is -4.45. The van der Waals surface area contributed by atoms with E-state index < -0.39 is 0 Å². The minimum Gasteiger partial charge on any atom is -0.436 e. The van der Waals surface area contributed by atoms with Gasteiger partial charge in [0.05, 0.1) is 0 Å². The molecule has 178 valence electrons. The third-order valence-electron chi connectivity index (χ3n) is 6.87. The number of piperidine rings is 1. The van der Waals surface area contributed by atoms with Gasteiger partial charge in [-0.2, -0.15) is 0 Å². The highest BCUT2D eigenvalue weighted by atomic mass is 16.3. The Bertz CT molecular complexity index is 1530. The number of anilines is 1. The van der Waals surface area contributed by atoms with Crippen LogP contribution in [0.1, 0.15) is 23.2 Å². The summed E-state index contributed by atoms with van der Waals surface area (Å²) in [5.74, 6) is 0.443. The lowest BCUT2D eigenvalue weighted by atomic mass is 9.94. The number of hydrogen-bond donors (Lipinski definition) is 1. The van der Waals surface area contributed by atoms with E-state index in [0.717, 1.165) is 38.7 Å². The fourth-order valence-electron chi connectivity index (χ4n) is 4.86. The normalized spacial score (nSPS) is 14.3. The Morgan fingerprint density at radius 2 is 1.56 bits per heavy atom. The monoisotopic (exact) mass is 475 g/mol. The molecule has 1 fully saturated rings. The number of carbonyl (C=O) groups is 2. The van der Waals surface area contributed by atoms with Gasteiger partial charge in [0, 0.05) is 35.8 Å². The summed E-state index contributed by atoms with van der Waals surface area (Å²) in [7, 11) is 0. The third kappa shape index (κ3) is 4.22. The molecule has 0 spiro atoms. The summed E-state index contributed by atoms with van der Waals surface area (Å²) < 4.78 is 5.82. The van der Waals surface area contributed by atoms with E-state index in [-0.39, 0.29) is 17.7 Å². The molecule has 0 radical (unpaired) electrons. The maximum Gasteiger partial charge on any atom is 0.254 e. The van der Waals surface area contributed by atoms with Crippen LogP contribution in [0.3, 0.4) is 0 Å². The standard InChI is InChI=1S/C30H25N3O3/c34-28(31-23-14-12-22(13-15-23)29-32-26-10-3-4-11-27(26)36-29)21-16-18-33(19-17-21)30(35)25-9-5-7-20-6-1-2-8-24(20)25/h1-15,21H,16-19H2,(H,31,34). The zero-order valence-electron chi connectivity index (χ0n) is 19.7. The number of rotatable bonds is 4. The Labute approximate surface area is 208 Å².